The minimum absolute atomic E-state index is 0.139. The molecule has 0 unspecified atom stereocenters. The molecule has 0 fully saturated rings. The van der Waals surface area contributed by atoms with E-state index in [1.807, 2.05) is 42.5 Å². The molecule has 0 amide bonds. The third kappa shape index (κ3) is 3.76. The van der Waals surface area contributed by atoms with Crippen molar-refractivity contribution >= 4 is 16.9 Å². The number of rotatable bonds is 6. The van der Waals surface area contributed by atoms with Crippen LogP contribution in [-0.2, 0) is 22.6 Å². The molecule has 22 heavy (non-hydrogen) atoms. The zero-order valence-electron chi connectivity index (χ0n) is 12.4. The Labute approximate surface area is 129 Å². The fraction of sp³-hybridized carbons (Fsp3) is 0.211. The number of hydrogen-bond donors (Lipinski definition) is 1. The number of aryl methyl sites for hydroxylation is 1. The highest BCUT2D eigenvalue weighted by atomic mass is 16.5. The number of benzene rings is 2. The molecule has 3 heteroatoms. The number of H-pyrrole nitrogens is 1. The molecule has 0 bridgehead atoms. The van der Waals surface area contributed by atoms with Crippen LogP contribution >= 0.6 is 0 Å². The Kier molecular flexibility index (Phi) is 4.54. The summed E-state index contributed by atoms with van der Waals surface area (Å²) in [6.45, 7) is 0.353. The van der Waals surface area contributed by atoms with Gasteiger partial charge in [-0.1, -0.05) is 48.5 Å². The van der Waals surface area contributed by atoms with Gasteiger partial charge in [-0.25, -0.2) is 0 Å². The zero-order chi connectivity index (χ0) is 15.2. The standard InChI is InChI=1S/C19H19NO2/c21-19(22-14-15-7-2-1-3-8-15)12-6-10-17-13-16-9-4-5-11-18(16)20-17/h1-5,7-9,11,13,20H,6,10,12,14H2. The van der Waals surface area contributed by atoms with E-state index in [-0.39, 0.29) is 5.97 Å². The third-order valence-electron chi connectivity index (χ3n) is 3.66. The third-order valence-corrected chi connectivity index (χ3v) is 3.66. The van der Waals surface area contributed by atoms with Gasteiger partial charge in [-0.3, -0.25) is 4.79 Å². The lowest BCUT2D eigenvalue weighted by atomic mass is 10.2. The Balaban J connectivity index is 1.43. The van der Waals surface area contributed by atoms with Gasteiger partial charge in [0, 0.05) is 17.6 Å². The Morgan fingerprint density at radius 1 is 1.00 bits per heavy atom. The summed E-state index contributed by atoms with van der Waals surface area (Å²) in [6.07, 6.45) is 2.10. The van der Waals surface area contributed by atoms with E-state index in [4.69, 9.17) is 4.74 Å². The maximum atomic E-state index is 11.7. The Morgan fingerprint density at radius 3 is 2.59 bits per heavy atom. The van der Waals surface area contributed by atoms with Crippen LogP contribution in [0.4, 0.5) is 0 Å². The fourth-order valence-electron chi connectivity index (χ4n) is 2.50. The molecule has 1 heterocycles. The number of hydrogen-bond acceptors (Lipinski definition) is 2. The molecule has 0 radical (unpaired) electrons. The molecule has 0 atom stereocenters. The average Bonchev–Trinajstić information content (AvgIpc) is 2.96. The van der Waals surface area contributed by atoms with Crippen LogP contribution in [0.5, 0.6) is 0 Å². The second-order valence-corrected chi connectivity index (χ2v) is 5.38. The summed E-state index contributed by atoms with van der Waals surface area (Å²) in [6, 6.07) is 20.1. The van der Waals surface area contributed by atoms with E-state index in [0.717, 1.165) is 29.6 Å². The fourth-order valence-corrected chi connectivity index (χ4v) is 2.50. The van der Waals surface area contributed by atoms with Crippen molar-refractivity contribution in [1.82, 2.24) is 4.98 Å². The summed E-state index contributed by atoms with van der Waals surface area (Å²) in [5.41, 5.74) is 3.33. The van der Waals surface area contributed by atoms with Crippen molar-refractivity contribution in [3.63, 3.8) is 0 Å². The first-order chi connectivity index (χ1) is 10.8. The molecule has 0 saturated carbocycles. The number of aromatic amines is 1. The molecule has 1 N–H and O–H groups in total. The molecule has 3 rings (SSSR count). The van der Waals surface area contributed by atoms with Crippen molar-refractivity contribution in [2.24, 2.45) is 0 Å². The second kappa shape index (κ2) is 6.94. The van der Waals surface area contributed by atoms with E-state index < -0.39 is 0 Å². The molecular weight excluding hydrogens is 274 g/mol. The van der Waals surface area contributed by atoms with Gasteiger partial charge in [0.1, 0.15) is 6.61 Å². The first-order valence-electron chi connectivity index (χ1n) is 7.57. The largest absolute Gasteiger partial charge is 0.461 e. The molecule has 2 aromatic carbocycles. The van der Waals surface area contributed by atoms with Gasteiger partial charge in [0.2, 0.25) is 0 Å². The Hall–Kier alpha value is -2.55. The predicted octanol–water partition coefficient (Wildman–Crippen LogP) is 4.23. The van der Waals surface area contributed by atoms with Gasteiger partial charge in [0.05, 0.1) is 0 Å². The average molecular weight is 293 g/mol. The summed E-state index contributed by atoms with van der Waals surface area (Å²) >= 11 is 0. The van der Waals surface area contributed by atoms with Crippen molar-refractivity contribution in [3.05, 3.63) is 71.9 Å². The summed E-state index contributed by atoms with van der Waals surface area (Å²) < 4.78 is 5.28. The monoisotopic (exact) mass is 293 g/mol. The number of nitrogens with one attached hydrogen (secondary N) is 1. The van der Waals surface area contributed by atoms with Gasteiger partial charge in [0.25, 0.3) is 0 Å². The van der Waals surface area contributed by atoms with Crippen molar-refractivity contribution < 1.29 is 9.53 Å². The molecule has 0 aliphatic rings. The van der Waals surface area contributed by atoms with Crippen molar-refractivity contribution in [1.29, 1.82) is 0 Å². The summed E-state index contributed by atoms with van der Waals surface area (Å²) in [4.78, 5) is 15.1. The summed E-state index contributed by atoms with van der Waals surface area (Å²) in [5.74, 6) is -0.139. The van der Waals surface area contributed by atoms with Gasteiger partial charge in [-0.05, 0) is 35.9 Å². The highest BCUT2D eigenvalue weighted by Crippen LogP contribution is 2.16. The summed E-state index contributed by atoms with van der Waals surface area (Å²) in [5, 5.41) is 1.21. The zero-order valence-corrected chi connectivity index (χ0v) is 12.4. The normalized spacial score (nSPS) is 10.7. The second-order valence-electron chi connectivity index (χ2n) is 5.38. The number of esters is 1. The maximum Gasteiger partial charge on any atom is 0.306 e. The smallest absolute Gasteiger partial charge is 0.306 e. The molecule has 0 spiro atoms. The number of carbonyl (C=O) groups is 1. The molecule has 0 saturated heterocycles. The highest BCUT2D eigenvalue weighted by molar-refractivity contribution is 5.80. The van der Waals surface area contributed by atoms with Crippen LogP contribution in [0.15, 0.2) is 60.7 Å². The molecule has 3 nitrogen and oxygen atoms in total. The van der Waals surface area contributed by atoms with Crippen molar-refractivity contribution in [2.45, 2.75) is 25.9 Å². The number of ether oxygens (including phenoxy) is 1. The van der Waals surface area contributed by atoms with Crippen LogP contribution < -0.4 is 0 Å². The van der Waals surface area contributed by atoms with E-state index in [2.05, 4.69) is 23.2 Å². The topological polar surface area (TPSA) is 42.1 Å². The van der Waals surface area contributed by atoms with Crippen LogP contribution in [0.3, 0.4) is 0 Å². The molecule has 1 aromatic heterocycles. The van der Waals surface area contributed by atoms with E-state index in [9.17, 15) is 4.79 Å². The summed E-state index contributed by atoms with van der Waals surface area (Å²) in [7, 11) is 0. The predicted molar refractivity (Wildman–Crippen MR) is 87.5 cm³/mol. The van der Waals surface area contributed by atoms with Gasteiger partial charge >= 0.3 is 5.97 Å². The lowest BCUT2D eigenvalue weighted by Gasteiger charge is -2.04. The first kappa shape index (κ1) is 14.4. The molecule has 0 aliphatic heterocycles. The first-order valence-corrected chi connectivity index (χ1v) is 7.57. The van der Waals surface area contributed by atoms with Crippen LogP contribution in [-0.4, -0.2) is 11.0 Å². The lowest BCUT2D eigenvalue weighted by molar-refractivity contribution is -0.145. The SMILES string of the molecule is O=C(CCCc1cc2ccccc2[nH]1)OCc1ccccc1. The van der Waals surface area contributed by atoms with Gasteiger partial charge in [-0.15, -0.1) is 0 Å². The van der Waals surface area contributed by atoms with Crippen LogP contribution in [0.25, 0.3) is 10.9 Å². The highest BCUT2D eigenvalue weighted by Gasteiger charge is 2.05. The van der Waals surface area contributed by atoms with E-state index >= 15 is 0 Å². The number of aromatic nitrogens is 1. The number of carbonyl (C=O) groups excluding carboxylic acids is 1. The van der Waals surface area contributed by atoms with Crippen LogP contribution in [0.2, 0.25) is 0 Å². The quantitative estimate of drug-likeness (QED) is 0.691. The molecular formula is C19H19NO2. The van der Waals surface area contributed by atoms with Crippen LogP contribution in [0.1, 0.15) is 24.1 Å². The Morgan fingerprint density at radius 2 is 1.77 bits per heavy atom. The number of para-hydroxylation sites is 1. The van der Waals surface area contributed by atoms with Crippen molar-refractivity contribution in [3.8, 4) is 0 Å². The van der Waals surface area contributed by atoms with Gasteiger partial charge in [-0.2, -0.15) is 0 Å². The minimum atomic E-state index is -0.139. The maximum absolute atomic E-state index is 11.7. The number of fused-ring (bicyclic) bond motifs is 1. The minimum Gasteiger partial charge on any atom is -0.461 e. The lowest BCUT2D eigenvalue weighted by Crippen LogP contribution is -2.05. The Bertz CT molecular complexity index is 713. The van der Waals surface area contributed by atoms with E-state index in [1.165, 1.54) is 5.39 Å². The van der Waals surface area contributed by atoms with E-state index in [1.54, 1.807) is 0 Å². The van der Waals surface area contributed by atoms with Gasteiger partial charge < -0.3 is 9.72 Å². The van der Waals surface area contributed by atoms with Gasteiger partial charge in [0.15, 0.2) is 0 Å². The van der Waals surface area contributed by atoms with Crippen LogP contribution in [0, 0.1) is 0 Å². The molecule has 112 valence electrons. The van der Waals surface area contributed by atoms with E-state index in [0.29, 0.717) is 13.0 Å². The molecule has 0 aliphatic carbocycles. The van der Waals surface area contributed by atoms with Crippen molar-refractivity contribution in [2.75, 3.05) is 0 Å². The molecule has 3 aromatic rings.